The fraction of sp³-hybridized carbons (Fsp3) is 0.474. The summed E-state index contributed by atoms with van der Waals surface area (Å²) in [5.41, 5.74) is 0.594. The fourth-order valence-corrected chi connectivity index (χ4v) is 2.95. The van der Waals surface area contributed by atoms with Crippen molar-refractivity contribution in [3.63, 3.8) is 0 Å². The molecule has 0 atom stereocenters. The topological polar surface area (TPSA) is 125 Å². The maximum Gasteiger partial charge on any atom is 0.321 e. The number of rotatable bonds is 11. The van der Waals surface area contributed by atoms with Gasteiger partial charge in [-0.1, -0.05) is 11.8 Å². The van der Waals surface area contributed by atoms with E-state index in [4.69, 9.17) is 18.6 Å². The summed E-state index contributed by atoms with van der Waals surface area (Å²) >= 11 is 1.02. The van der Waals surface area contributed by atoms with E-state index < -0.39 is 11.9 Å². The minimum atomic E-state index is -0.546. The third-order valence-corrected chi connectivity index (χ3v) is 4.30. The molecule has 0 unspecified atom stereocenters. The molecule has 0 aliphatic carbocycles. The Hall–Kier alpha value is -2.95. The largest absolute Gasteiger partial charge is 0.490 e. The molecule has 0 spiro atoms. The van der Waals surface area contributed by atoms with Crippen LogP contribution in [0.4, 0.5) is 4.79 Å². The van der Waals surface area contributed by atoms with Crippen molar-refractivity contribution in [2.75, 3.05) is 32.1 Å². The Morgan fingerprint density at radius 1 is 1.00 bits per heavy atom. The molecule has 0 saturated carbocycles. The molecule has 1 heterocycles. The molecule has 0 saturated heterocycles. The van der Waals surface area contributed by atoms with Gasteiger partial charge in [-0.15, -0.1) is 10.2 Å². The highest BCUT2D eigenvalue weighted by atomic mass is 32.2. The van der Waals surface area contributed by atoms with Gasteiger partial charge in [-0.05, 0) is 39.8 Å². The van der Waals surface area contributed by atoms with Crippen LogP contribution >= 0.6 is 11.8 Å². The number of aromatic nitrogens is 2. The van der Waals surface area contributed by atoms with E-state index in [0.29, 0.717) is 49.2 Å². The van der Waals surface area contributed by atoms with Gasteiger partial charge in [0.1, 0.15) is 0 Å². The molecular formula is C19H26N4O6S. The van der Waals surface area contributed by atoms with Crippen LogP contribution in [0.3, 0.4) is 0 Å². The first-order valence-electron chi connectivity index (χ1n) is 9.63. The zero-order valence-electron chi connectivity index (χ0n) is 17.4. The number of nitrogens with one attached hydrogen (secondary N) is 2. The number of hydrogen-bond acceptors (Lipinski definition) is 9. The lowest BCUT2D eigenvalue weighted by molar-refractivity contribution is -0.117. The lowest BCUT2D eigenvalue weighted by Crippen LogP contribution is -2.40. The number of carbonyl (C=O) groups is 2. The highest BCUT2D eigenvalue weighted by Gasteiger charge is 2.19. The molecule has 30 heavy (non-hydrogen) atoms. The average Bonchev–Trinajstić information content (AvgIpc) is 3.18. The predicted octanol–water partition coefficient (Wildman–Crippen LogP) is 2.87. The predicted molar refractivity (Wildman–Crippen MR) is 111 cm³/mol. The van der Waals surface area contributed by atoms with Gasteiger partial charge >= 0.3 is 6.03 Å². The van der Waals surface area contributed by atoms with Gasteiger partial charge in [0.25, 0.3) is 5.22 Å². The summed E-state index contributed by atoms with van der Waals surface area (Å²) < 4.78 is 22.7. The molecule has 11 heteroatoms. The number of amides is 3. The van der Waals surface area contributed by atoms with Gasteiger partial charge in [0, 0.05) is 12.1 Å². The van der Waals surface area contributed by atoms with Gasteiger partial charge in [0.2, 0.25) is 17.5 Å². The van der Waals surface area contributed by atoms with Gasteiger partial charge in [-0.2, -0.15) is 0 Å². The maximum atomic E-state index is 11.8. The van der Waals surface area contributed by atoms with E-state index >= 15 is 0 Å². The first-order chi connectivity index (χ1) is 14.5. The minimum Gasteiger partial charge on any atom is -0.490 e. The SMILES string of the molecule is CCNC(=O)NC(=O)CSc1nnc(-c2cc(OCC)c(OCC)c(OCC)c2)o1. The Bertz CT molecular complexity index is 830. The number of nitrogens with zero attached hydrogens (tertiary/aromatic N) is 2. The van der Waals surface area contributed by atoms with E-state index in [9.17, 15) is 9.59 Å². The molecule has 3 amide bonds. The molecule has 164 valence electrons. The van der Waals surface area contributed by atoms with E-state index in [1.807, 2.05) is 20.8 Å². The molecule has 2 N–H and O–H groups in total. The Morgan fingerprint density at radius 3 is 2.20 bits per heavy atom. The molecule has 2 rings (SSSR count). The van der Waals surface area contributed by atoms with Gasteiger partial charge < -0.3 is 23.9 Å². The number of thioether (sulfide) groups is 1. The Balaban J connectivity index is 2.17. The normalized spacial score (nSPS) is 10.4. The molecule has 0 fully saturated rings. The molecule has 10 nitrogen and oxygen atoms in total. The quantitative estimate of drug-likeness (QED) is 0.509. The van der Waals surface area contributed by atoms with Crippen LogP contribution in [0.15, 0.2) is 21.8 Å². The van der Waals surface area contributed by atoms with Crippen molar-refractivity contribution >= 4 is 23.7 Å². The zero-order valence-corrected chi connectivity index (χ0v) is 18.3. The molecule has 1 aromatic carbocycles. The monoisotopic (exact) mass is 438 g/mol. The summed E-state index contributed by atoms with van der Waals surface area (Å²) in [6.07, 6.45) is 0. The zero-order chi connectivity index (χ0) is 21.9. The highest BCUT2D eigenvalue weighted by Crippen LogP contribution is 2.42. The minimum absolute atomic E-state index is 0.0452. The third-order valence-electron chi connectivity index (χ3n) is 3.48. The maximum absolute atomic E-state index is 11.8. The van der Waals surface area contributed by atoms with Gasteiger partial charge in [-0.25, -0.2) is 4.79 Å². The third kappa shape index (κ3) is 6.55. The number of ether oxygens (including phenoxy) is 3. The second kappa shape index (κ2) is 11.9. The van der Waals surface area contributed by atoms with E-state index in [-0.39, 0.29) is 16.9 Å². The second-order valence-corrected chi connectivity index (χ2v) is 6.60. The van der Waals surface area contributed by atoms with E-state index in [2.05, 4.69) is 20.8 Å². The molecule has 0 aliphatic heterocycles. The number of carbonyl (C=O) groups excluding carboxylic acids is 2. The van der Waals surface area contributed by atoms with Crippen LogP contribution in [0.25, 0.3) is 11.5 Å². The van der Waals surface area contributed by atoms with Crippen LogP contribution in [0.1, 0.15) is 27.7 Å². The average molecular weight is 439 g/mol. The second-order valence-electron chi connectivity index (χ2n) is 5.67. The first kappa shape index (κ1) is 23.3. The van der Waals surface area contributed by atoms with Crippen molar-refractivity contribution in [2.24, 2.45) is 0 Å². The lowest BCUT2D eigenvalue weighted by atomic mass is 10.2. The summed E-state index contributed by atoms with van der Waals surface area (Å²) in [4.78, 5) is 23.1. The van der Waals surface area contributed by atoms with E-state index in [0.717, 1.165) is 11.8 Å². The number of imide groups is 1. The molecule has 0 aliphatic rings. The van der Waals surface area contributed by atoms with Crippen molar-refractivity contribution in [1.82, 2.24) is 20.8 Å². The summed E-state index contributed by atoms with van der Waals surface area (Å²) in [5, 5.41) is 12.9. The Morgan fingerprint density at radius 2 is 1.63 bits per heavy atom. The van der Waals surface area contributed by atoms with Gasteiger partial charge in [0.15, 0.2) is 11.5 Å². The number of urea groups is 1. The van der Waals surface area contributed by atoms with E-state index in [1.54, 1.807) is 19.1 Å². The lowest BCUT2D eigenvalue weighted by Gasteiger charge is -2.16. The Labute approximate surface area is 179 Å². The molecule has 0 bridgehead atoms. The summed E-state index contributed by atoms with van der Waals surface area (Å²) in [5.74, 6) is 1.26. The highest BCUT2D eigenvalue weighted by molar-refractivity contribution is 7.99. The summed E-state index contributed by atoms with van der Waals surface area (Å²) in [6.45, 7) is 9.15. The van der Waals surface area contributed by atoms with Crippen molar-refractivity contribution in [1.29, 1.82) is 0 Å². The fourth-order valence-electron chi connectivity index (χ4n) is 2.39. The van der Waals surface area contributed by atoms with Crippen LogP contribution in [-0.4, -0.2) is 54.3 Å². The van der Waals surface area contributed by atoms with Crippen molar-refractivity contribution in [3.05, 3.63) is 12.1 Å². The number of hydrogen-bond donors (Lipinski definition) is 2. The summed E-state index contributed by atoms with van der Waals surface area (Å²) in [6, 6.07) is 2.93. The molecule has 2 aromatic rings. The van der Waals surface area contributed by atoms with Crippen LogP contribution < -0.4 is 24.8 Å². The van der Waals surface area contributed by atoms with Crippen molar-refractivity contribution in [3.8, 4) is 28.7 Å². The van der Waals surface area contributed by atoms with Crippen molar-refractivity contribution < 1.29 is 28.2 Å². The summed E-state index contributed by atoms with van der Waals surface area (Å²) in [7, 11) is 0. The number of benzene rings is 1. The first-order valence-corrected chi connectivity index (χ1v) is 10.6. The Kier molecular flexibility index (Phi) is 9.26. The standard InChI is InChI=1S/C19H26N4O6S/c1-5-20-18(25)21-15(24)11-30-19-23-22-17(29-19)12-9-13(26-6-2)16(28-8-4)14(10-12)27-7-3/h9-10H,5-8,11H2,1-4H3,(H2,20,21,24,25). The van der Waals surface area contributed by atoms with Gasteiger partial charge in [0.05, 0.1) is 25.6 Å². The van der Waals surface area contributed by atoms with Crippen LogP contribution in [0.5, 0.6) is 17.2 Å². The van der Waals surface area contributed by atoms with Crippen LogP contribution in [0.2, 0.25) is 0 Å². The van der Waals surface area contributed by atoms with Crippen molar-refractivity contribution in [2.45, 2.75) is 32.9 Å². The molecule has 0 radical (unpaired) electrons. The van der Waals surface area contributed by atoms with Crippen LogP contribution in [0, 0.1) is 0 Å². The van der Waals surface area contributed by atoms with Gasteiger partial charge in [-0.3, -0.25) is 10.1 Å². The van der Waals surface area contributed by atoms with E-state index in [1.165, 1.54) is 0 Å². The molecule has 1 aromatic heterocycles. The molecular weight excluding hydrogens is 412 g/mol. The van der Waals surface area contributed by atoms with Crippen LogP contribution in [-0.2, 0) is 4.79 Å². The smallest absolute Gasteiger partial charge is 0.321 e.